The van der Waals surface area contributed by atoms with Crippen molar-refractivity contribution in [3.05, 3.63) is 47.8 Å². The van der Waals surface area contributed by atoms with Crippen LogP contribution in [0.5, 0.6) is 5.75 Å². The summed E-state index contributed by atoms with van der Waals surface area (Å²) in [6.45, 7) is 5.53. The maximum Gasteiger partial charge on any atom is 0.273 e. The van der Waals surface area contributed by atoms with Crippen LogP contribution < -0.4 is 20.3 Å². The van der Waals surface area contributed by atoms with E-state index in [0.29, 0.717) is 55.6 Å². The molecule has 2 fully saturated rings. The molecule has 196 valence electrons. The van der Waals surface area contributed by atoms with Crippen molar-refractivity contribution >= 4 is 23.0 Å². The summed E-state index contributed by atoms with van der Waals surface area (Å²) in [5.74, 6) is -0.684. The van der Waals surface area contributed by atoms with Crippen molar-refractivity contribution in [3.63, 3.8) is 0 Å². The SMILES string of the molecule is COc1c(F)cc(N2CCOCC2)cc1Nc1cnc(C)c(-n2cc(C(=O)NCC3CCCO3)nn2)c1. The molecule has 2 N–H and O–H groups in total. The first-order valence-electron chi connectivity index (χ1n) is 12.3. The highest BCUT2D eigenvalue weighted by Crippen LogP contribution is 2.35. The number of carbonyl (C=O) groups is 1. The van der Waals surface area contributed by atoms with Crippen LogP contribution in [0.3, 0.4) is 0 Å². The lowest BCUT2D eigenvalue weighted by molar-refractivity contribution is 0.0853. The number of pyridine rings is 1. The Balaban J connectivity index is 1.35. The topological polar surface area (TPSA) is 116 Å². The van der Waals surface area contributed by atoms with Crippen molar-refractivity contribution in [3.8, 4) is 11.4 Å². The van der Waals surface area contributed by atoms with Gasteiger partial charge < -0.3 is 29.7 Å². The number of hydrogen-bond acceptors (Lipinski definition) is 9. The van der Waals surface area contributed by atoms with Crippen LogP contribution >= 0.6 is 0 Å². The normalized spacial score (nSPS) is 17.6. The number of nitrogens with one attached hydrogen (secondary N) is 2. The number of nitrogens with zero attached hydrogens (tertiary/aromatic N) is 5. The number of methoxy groups -OCH3 is 1. The van der Waals surface area contributed by atoms with E-state index in [0.717, 1.165) is 25.1 Å². The Labute approximate surface area is 213 Å². The van der Waals surface area contributed by atoms with E-state index in [9.17, 15) is 9.18 Å². The van der Waals surface area contributed by atoms with E-state index in [2.05, 4.69) is 30.8 Å². The lowest BCUT2D eigenvalue weighted by atomic mass is 10.2. The van der Waals surface area contributed by atoms with Crippen LogP contribution in [0.15, 0.2) is 30.6 Å². The van der Waals surface area contributed by atoms with E-state index in [-0.39, 0.29) is 23.5 Å². The maximum absolute atomic E-state index is 14.9. The summed E-state index contributed by atoms with van der Waals surface area (Å²) < 4.78 is 32.7. The van der Waals surface area contributed by atoms with Gasteiger partial charge in [-0.15, -0.1) is 5.10 Å². The van der Waals surface area contributed by atoms with E-state index in [4.69, 9.17) is 14.2 Å². The van der Waals surface area contributed by atoms with E-state index in [1.165, 1.54) is 17.9 Å². The lowest BCUT2D eigenvalue weighted by Gasteiger charge is -2.29. The Hall–Kier alpha value is -3.77. The van der Waals surface area contributed by atoms with Crippen LogP contribution in [0.2, 0.25) is 0 Å². The molecule has 2 aromatic heterocycles. The zero-order chi connectivity index (χ0) is 25.8. The molecule has 0 bridgehead atoms. The molecule has 2 saturated heterocycles. The van der Waals surface area contributed by atoms with E-state index >= 15 is 0 Å². The maximum atomic E-state index is 14.9. The molecular weight excluding hydrogens is 481 g/mol. The molecule has 1 atom stereocenters. The minimum atomic E-state index is -0.468. The van der Waals surface area contributed by atoms with Crippen LogP contribution in [0.25, 0.3) is 5.69 Å². The second kappa shape index (κ2) is 11.1. The molecule has 1 aromatic carbocycles. The molecule has 5 rings (SSSR count). The first kappa shape index (κ1) is 24.9. The summed E-state index contributed by atoms with van der Waals surface area (Å²) in [6, 6.07) is 5.12. The molecule has 1 amide bonds. The molecule has 3 aromatic rings. The van der Waals surface area contributed by atoms with Crippen LogP contribution in [0.4, 0.5) is 21.5 Å². The molecule has 0 aliphatic carbocycles. The largest absolute Gasteiger partial charge is 0.492 e. The summed E-state index contributed by atoms with van der Waals surface area (Å²) in [6.07, 6.45) is 5.17. The molecule has 2 aliphatic rings. The molecule has 37 heavy (non-hydrogen) atoms. The van der Waals surface area contributed by atoms with Crippen molar-refractivity contribution in [2.45, 2.75) is 25.9 Å². The van der Waals surface area contributed by atoms with Gasteiger partial charge in [-0.3, -0.25) is 9.78 Å². The van der Waals surface area contributed by atoms with Gasteiger partial charge in [0.1, 0.15) is 0 Å². The third-order valence-electron chi connectivity index (χ3n) is 6.44. The summed E-state index contributed by atoms with van der Waals surface area (Å²) >= 11 is 0. The highest BCUT2D eigenvalue weighted by Gasteiger charge is 2.20. The van der Waals surface area contributed by atoms with Crippen LogP contribution in [-0.4, -0.2) is 78.6 Å². The van der Waals surface area contributed by atoms with Crippen LogP contribution in [0.1, 0.15) is 29.0 Å². The first-order chi connectivity index (χ1) is 18.0. The van der Waals surface area contributed by atoms with Crippen molar-refractivity contribution in [2.75, 3.05) is 56.8 Å². The number of ether oxygens (including phenoxy) is 3. The fourth-order valence-corrected chi connectivity index (χ4v) is 4.45. The van der Waals surface area contributed by atoms with E-state index < -0.39 is 5.82 Å². The average molecular weight is 512 g/mol. The summed E-state index contributed by atoms with van der Waals surface area (Å²) in [4.78, 5) is 19.1. The Morgan fingerprint density at radius 2 is 2.08 bits per heavy atom. The second-order valence-corrected chi connectivity index (χ2v) is 8.95. The van der Waals surface area contributed by atoms with Gasteiger partial charge in [0.05, 0.1) is 61.6 Å². The molecule has 12 heteroatoms. The Kier molecular flexibility index (Phi) is 7.47. The zero-order valence-corrected chi connectivity index (χ0v) is 20.9. The number of aryl methyl sites for hydroxylation is 1. The molecule has 4 heterocycles. The Morgan fingerprint density at radius 1 is 1.24 bits per heavy atom. The number of hydrogen-bond donors (Lipinski definition) is 2. The van der Waals surface area contributed by atoms with Crippen molar-refractivity contribution in [1.82, 2.24) is 25.3 Å². The predicted octanol–water partition coefficient (Wildman–Crippen LogP) is 2.61. The van der Waals surface area contributed by atoms with Gasteiger partial charge in [-0.25, -0.2) is 9.07 Å². The molecule has 0 spiro atoms. The lowest BCUT2D eigenvalue weighted by Crippen LogP contribution is -2.36. The van der Waals surface area contributed by atoms with Gasteiger partial charge in [0.15, 0.2) is 17.3 Å². The number of halogens is 1. The first-order valence-corrected chi connectivity index (χ1v) is 12.3. The van der Waals surface area contributed by atoms with Gasteiger partial charge in [-0.05, 0) is 31.9 Å². The number of morpholine rings is 1. The third kappa shape index (κ3) is 5.65. The third-order valence-corrected chi connectivity index (χ3v) is 6.44. The van der Waals surface area contributed by atoms with Gasteiger partial charge in [-0.2, -0.15) is 0 Å². The fraction of sp³-hybridized carbons (Fsp3) is 0.440. The van der Waals surface area contributed by atoms with Gasteiger partial charge in [0.25, 0.3) is 5.91 Å². The highest BCUT2D eigenvalue weighted by atomic mass is 19.1. The molecule has 1 unspecified atom stereocenters. The predicted molar refractivity (Wildman–Crippen MR) is 134 cm³/mol. The number of aromatic nitrogens is 4. The number of amides is 1. The van der Waals surface area contributed by atoms with Gasteiger partial charge in [0.2, 0.25) is 0 Å². The molecule has 2 aliphatic heterocycles. The van der Waals surface area contributed by atoms with Crippen LogP contribution in [0, 0.1) is 12.7 Å². The molecule has 0 radical (unpaired) electrons. The molecular formula is C25H30FN7O4. The quantitative estimate of drug-likeness (QED) is 0.471. The second-order valence-electron chi connectivity index (χ2n) is 8.95. The summed E-state index contributed by atoms with van der Waals surface area (Å²) in [7, 11) is 1.43. The summed E-state index contributed by atoms with van der Waals surface area (Å²) in [5.41, 5.74) is 3.30. The summed E-state index contributed by atoms with van der Waals surface area (Å²) in [5, 5.41) is 14.2. The van der Waals surface area contributed by atoms with Gasteiger partial charge >= 0.3 is 0 Å². The van der Waals surface area contributed by atoms with E-state index in [1.54, 1.807) is 12.4 Å². The number of carbonyl (C=O) groups excluding carboxylic acids is 1. The monoisotopic (exact) mass is 511 g/mol. The van der Waals surface area contributed by atoms with Crippen molar-refractivity contribution in [2.24, 2.45) is 0 Å². The minimum Gasteiger partial charge on any atom is -0.492 e. The minimum absolute atomic E-state index is 0.0387. The average Bonchev–Trinajstić information content (AvgIpc) is 3.62. The Morgan fingerprint density at radius 3 is 2.84 bits per heavy atom. The van der Waals surface area contributed by atoms with Crippen LogP contribution in [-0.2, 0) is 9.47 Å². The van der Waals surface area contributed by atoms with Gasteiger partial charge in [0, 0.05) is 38.0 Å². The standard InChI is InChI=1S/C25H30FN7O4/c1-16-23(33-15-22(30-31-33)25(34)28-14-19-4-3-7-37-19)10-17(13-27-16)29-21-12-18(11-20(26)24(21)35-2)32-5-8-36-9-6-32/h10-13,15,19,29H,3-9,14H2,1-2H3,(H,28,34). The van der Waals surface area contributed by atoms with Crippen molar-refractivity contribution in [1.29, 1.82) is 0 Å². The molecule has 0 saturated carbocycles. The Bertz CT molecular complexity index is 1260. The number of rotatable bonds is 8. The van der Waals surface area contributed by atoms with Crippen molar-refractivity contribution < 1.29 is 23.4 Å². The smallest absolute Gasteiger partial charge is 0.273 e. The van der Waals surface area contributed by atoms with E-state index in [1.807, 2.05) is 19.1 Å². The number of anilines is 3. The van der Waals surface area contributed by atoms with Gasteiger partial charge in [-0.1, -0.05) is 5.21 Å². The zero-order valence-electron chi connectivity index (χ0n) is 20.9. The molecule has 11 nitrogen and oxygen atoms in total. The fourth-order valence-electron chi connectivity index (χ4n) is 4.45. The number of benzene rings is 1. The highest BCUT2D eigenvalue weighted by molar-refractivity contribution is 5.92.